The Balaban J connectivity index is 2.21. The summed E-state index contributed by atoms with van der Waals surface area (Å²) in [6, 6.07) is 5.56. The molecule has 1 aliphatic rings. The van der Waals surface area contributed by atoms with Gasteiger partial charge in [0.15, 0.2) is 0 Å². The van der Waals surface area contributed by atoms with E-state index in [2.05, 4.69) is 19.2 Å². The highest BCUT2D eigenvalue weighted by molar-refractivity contribution is 8.00. The van der Waals surface area contributed by atoms with Crippen molar-refractivity contribution >= 4 is 29.3 Å². The van der Waals surface area contributed by atoms with Crippen molar-refractivity contribution in [1.29, 1.82) is 0 Å². The van der Waals surface area contributed by atoms with E-state index in [1.807, 2.05) is 17.0 Å². The first kappa shape index (κ1) is 14.9. The van der Waals surface area contributed by atoms with Crippen LogP contribution < -0.4 is 5.32 Å². The zero-order valence-electron chi connectivity index (χ0n) is 11.9. The van der Waals surface area contributed by atoms with E-state index in [0.29, 0.717) is 11.3 Å². The Kier molecular flexibility index (Phi) is 5.06. The first-order chi connectivity index (χ1) is 9.65. The van der Waals surface area contributed by atoms with Crippen LogP contribution in [-0.2, 0) is 4.79 Å². The molecule has 20 heavy (non-hydrogen) atoms. The van der Waals surface area contributed by atoms with E-state index in [-0.39, 0.29) is 11.8 Å². The Morgan fingerprint density at radius 3 is 2.65 bits per heavy atom. The number of fused-ring (bicyclic) bond motifs is 1. The van der Waals surface area contributed by atoms with Gasteiger partial charge in [0.05, 0.1) is 11.4 Å². The molecule has 0 saturated heterocycles. The summed E-state index contributed by atoms with van der Waals surface area (Å²) >= 11 is 1.51. The van der Waals surface area contributed by atoms with Crippen LogP contribution in [0.4, 0.5) is 5.69 Å². The van der Waals surface area contributed by atoms with E-state index in [1.54, 1.807) is 6.07 Å². The van der Waals surface area contributed by atoms with Crippen LogP contribution in [0, 0.1) is 0 Å². The molecule has 1 aromatic carbocycles. The molecule has 5 heteroatoms. The zero-order chi connectivity index (χ0) is 14.5. The van der Waals surface area contributed by atoms with Gasteiger partial charge in [-0.1, -0.05) is 13.8 Å². The molecule has 4 nitrogen and oxygen atoms in total. The SMILES string of the molecule is CCCN(CCC)C(=O)c1ccc2c(c1)NC(=O)CS2. The molecule has 1 aliphatic heterocycles. The third kappa shape index (κ3) is 3.33. The number of carbonyl (C=O) groups excluding carboxylic acids is 2. The van der Waals surface area contributed by atoms with Crippen molar-refractivity contribution in [3.63, 3.8) is 0 Å². The standard InChI is InChI=1S/C15H20N2O2S/c1-3-7-17(8-4-2)15(19)11-5-6-13-12(9-11)16-14(18)10-20-13/h5-6,9H,3-4,7-8,10H2,1-2H3,(H,16,18). The fourth-order valence-electron chi connectivity index (χ4n) is 2.25. The number of carbonyl (C=O) groups is 2. The van der Waals surface area contributed by atoms with Gasteiger partial charge in [0.1, 0.15) is 0 Å². The molecule has 0 unspecified atom stereocenters. The molecular formula is C15H20N2O2S. The Bertz CT molecular complexity index is 511. The molecule has 0 saturated carbocycles. The van der Waals surface area contributed by atoms with Crippen molar-refractivity contribution in [2.24, 2.45) is 0 Å². The molecule has 0 spiro atoms. The second-order valence-corrected chi connectivity index (χ2v) is 5.86. The summed E-state index contributed by atoms with van der Waals surface area (Å²) in [6.07, 6.45) is 1.90. The number of thioether (sulfide) groups is 1. The average Bonchev–Trinajstić information content (AvgIpc) is 2.45. The van der Waals surface area contributed by atoms with Crippen molar-refractivity contribution in [2.45, 2.75) is 31.6 Å². The van der Waals surface area contributed by atoms with Crippen LogP contribution in [0.25, 0.3) is 0 Å². The molecule has 0 aromatic heterocycles. The van der Waals surface area contributed by atoms with Crippen molar-refractivity contribution < 1.29 is 9.59 Å². The molecule has 1 aromatic rings. The maximum atomic E-state index is 12.5. The highest BCUT2D eigenvalue weighted by Gasteiger charge is 2.19. The molecule has 1 N–H and O–H groups in total. The molecule has 0 bridgehead atoms. The fourth-order valence-corrected chi connectivity index (χ4v) is 3.04. The molecular weight excluding hydrogens is 272 g/mol. The van der Waals surface area contributed by atoms with E-state index in [1.165, 1.54) is 11.8 Å². The van der Waals surface area contributed by atoms with Crippen LogP contribution in [-0.4, -0.2) is 35.6 Å². The lowest BCUT2D eigenvalue weighted by Gasteiger charge is -2.23. The van der Waals surface area contributed by atoms with Crippen molar-refractivity contribution in [3.8, 4) is 0 Å². The van der Waals surface area contributed by atoms with E-state index < -0.39 is 0 Å². The number of anilines is 1. The normalized spacial score (nSPS) is 13.6. The quantitative estimate of drug-likeness (QED) is 0.907. The van der Waals surface area contributed by atoms with E-state index in [9.17, 15) is 9.59 Å². The van der Waals surface area contributed by atoms with Crippen LogP contribution in [0.15, 0.2) is 23.1 Å². The van der Waals surface area contributed by atoms with Gasteiger partial charge in [0, 0.05) is 23.5 Å². The Labute approximate surface area is 123 Å². The molecule has 2 rings (SSSR count). The van der Waals surface area contributed by atoms with Crippen molar-refractivity contribution in [2.75, 3.05) is 24.2 Å². The van der Waals surface area contributed by atoms with Crippen LogP contribution >= 0.6 is 11.8 Å². The number of nitrogens with one attached hydrogen (secondary N) is 1. The topological polar surface area (TPSA) is 49.4 Å². The Hall–Kier alpha value is -1.49. The highest BCUT2D eigenvalue weighted by atomic mass is 32.2. The highest BCUT2D eigenvalue weighted by Crippen LogP contribution is 2.32. The number of hydrogen-bond acceptors (Lipinski definition) is 3. The van der Waals surface area contributed by atoms with Gasteiger partial charge in [-0.3, -0.25) is 9.59 Å². The smallest absolute Gasteiger partial charge is 0.253 e. The summed E-state index contributed by atoms with van der Waals surface area (Å²) in [7, 11) is 0. The number of nitrogens with zero attached hydrogens (tertiary/aromatic N) is 1. The second-order valence-electron chi connectivity index (χ2n) is 4.84. The first-order valence-electron chi connectivity index (χ1n) is 7.01. The molecule has 0 atom stereocenters. The summed E-state index contributed by atoms with van der Waals surface area (Å²) in [4.78, 5) is 26.8. The summed E-state index contributed by atoms with van der Waals surface area (Å²) in [5.41, 5.74) is 1.40. The summed E-state index contributed by atoms with van der Waals surface area (Å²) in [6.45, 7) is 5.68. The summed E-state index contributed by atoms with van der Waals surface area (Å²) < 4.78 is 0. The van der Waals surface area contributed by atoms with Gasteiger partial charge < -0.3 is 10.2 Å². The number of rotatable bonds is 5. The van der Waals surface area contributed by atoms with Gasteiger partial charge in [-0.05, 0) is 31.0 Å². The maximum Gasteiger partial charge on any atom is 0.253 e. The Morgan fingerprint density at radius 2 is 2.00 bits per heavy atom. The van der Waals surface area contributed by atoms with Gasteiger partial charge in [-0.25, -0.2) is 0 Å². The van der Waals surface area contributed by atoms with Gasteiger partial charge in [0.2, 0.25) is 5.91 Å². The zero-order valence-corrected chi connectivity index (χ0v) is 12.8. The largest absolute Gasteiger partial charge is 0.339 e. The molecule has 0 aliphatic carbocycles. The van der Waals surface area contributed by atoms with E-state index >= 15 is 0 Å². The van der Waals surface area contributed by atoms with Gasteiger partial charge in [-0.15, -0.1) is 11.8 Å². The minimum atomic E-state index is -0.00827. The number of amides is 2. The predicted octanol–water partition coefficient (Wildman–Crippen LogP) is 2.99. The van der Waals surface area contributed by atoms with Crippen molar-refractivity contribution in [1.82, 2.24) is 4.90 Å². The predicted molar refractivity (Wildman–Crippen MR) is 82.3 cm³/mol. The lowest BCUT2D eigenvalue weighted by molar-refractivity contribution is -0.113. The van der Waals surface area contributed by atoms with Crippen molar-refractivity contribution in [3.05, 3.63) is 23.8 Å². The molecule has 108 valence electrons. The molecule has 2 amide bonds. The van der Waals surface area contributed by atoms with E-state index in [4.69, 9.17) is 0 Å². The number of hydrogen-bond donors (Lipinski definition) is 1. The van der Waals surface area contributed by atoms with Crippen LogP contribution in [0.2, 0.25) is 0 Å². The molecule has 1 heterocycles. The van der Waals surface area contributed by atoms with Gasteiger partial charge in [-0.2, -0.15) is 0 Å². The third-order valence-electron chi connectivity index (χ3n) is 3.13. The molecule has 0 radical (unpaired) electrons. The molecule has 0 fully saturated rings. The summed E-state index contributed by atoms with van der Waals surface area (Å²) in [5, 5.41) is 2.83. The lowest BCUT2D eigenvalue weighted by Crippen LogP contribution is -2.32. The van der Waals surface area contributed by atoms with Gasteiger partial charge >= 0.3 is 0 Å². The second kappa shape index (κ2) is 6.79. The van der Waals surface area contributed by atoms with Crippen LogP contribution in [0.3, 0.4) is 0 Å². The van der Waals surface area contributed by atoms with Gasteiger partial charge in [0.25, 0.3) is 5.91 Å². The first-order valence-corrected chi connectivity index (χ1v) is 8.00. The lowest BCUT2D eigenvalue weighted by atomic mass is 10.1. The third-order valence-corrected chi connectivity index (χ3v) is 4.21. The fraction of sp³-hybridized carbons (Fsp3) is 0.467. The summed E-state index contributed by atoms with van der Waals surface area (Å²) in [5.74, 6) is 0.477. The minimum absolute atomic E-state index is 0.00827. The average molecular weight is 292 g/mol. The monoisotopic (exact) mass is 292 g/mol. The van der Waals surface area contributed by atoms with E-state index in [0.717, 1.165) is 36.5 Å². The Morgan fingerprint density at radius 1 is 1.30 bits per heavy atom. The minimum Gasteiger partial charge on any atom is -0.339 e. The maximum absolute atomic E-state index is 12.5. The number of benzene rings is 1. The van der Waals surface area contributed by atoms with Crippen LogP contribution in [0.5, 0.6) is 0 Å². The van der Waals surface area contributed by atoms with Crippen LogP contribution in [0.1, 0.15) is 37.0 Å².